The predicted octanol–water partition coefficient (Wildman–Crippen LogP) is 3.20. The fraction of sp³-hybridized carbons (Fsp3) is 0.583. The van der Waals surface area contributed by atoms with Gasteiger partial charge in [-0.2, -0.15) is 18.2 Å². The third-order valence-corrected chi connectivity index (χ3v) is 2.40. The fourth-order valence-electron chi connectivity index (χ4n) is 1.72. The number of hydrogen-bond acceptors (Lipinski definition) is 4. The lowest BCUT2D eigenvalue weighted by Crippen LogP contribution is -2.17. The van der Waals surface area contributed by atoms with Crippen LogP contribution in [0, 0.1) is 5.92 Å². The Kier molecular flexibility index (Phi) is 4.99. The number of nitrogens with one attached hydrogen (secondary N) is 1. The maximum Gasteiger partial charge on any atom is 0.416 e. The van der Waals surface area contributed by atoms with Gasteiger partial charge in [-0.15, -0.1) is 0 Å². The van der Waals surface area contributed by atoms with E-state index in [2.05, 4.69) is 10.4 Å². The number of pyridine rings is 1. The number of halogens is 3. The molecule has 0 saturated carbocycles. The summed E-state index contributed by atoms with van der Waals surface area (Å²) in [6.07, 6.45) is -3.96. The van der Waals surface area contributed by atoms with E-state index < -0.39 is 11.7 Å². The normalized spacial score (nSPS) is 13.5. The fourth-order valence-corrected chi connectivity index (χ4v) is 1.72. The van der Waals surface area contributed by atoms with Gasteiger partial charge in [0.25, 0.3) is 0 Å². The van der Waals surface area contributed by atoms with E-state index in [1.54, 1.807) is 6.92 Å². The number of aromatic nitrogens is 1. The maximum absolute atomic E-state index is 12.7. The molecule has 0 spiro atoms. The molecule has 0 aromatic carbocycles. The zero-order valence-corrected chi connectivity index (χ0v) is 11.1. The van der Waals surface area contributed by atoms with Crippen molar-refractivity contribution in [1.29, 1.82) is 0 Å². The van der Waals surface area contributed by atoms with E-state index in [0.717, 1.165) is 18.6 Å². The van der Waals surface area contributed by atoms with Crippen LogP contribution in [0.2, 0.25) is 0 Å². The van der Waals surface area contributed by atoms with Crippen molar-refractivity contribution in [2.75, 3.05) is 5.43 Å². The number of nitrogen functional groups attached to an aromatic ring is 1. The van der Waals surface area contributed by atoms with Crippen LogP contribution in [0.25, 0.3) is 0 Å². The van der Waals surface area contributed by atoms with Gasteiger partial charge in [-0.05, 0) is 25.3 Å². The summed E-state index contributed by atoms with van der Waals surface area (Å²) in [4.78, 5) is 3.85. The lowest BCUT2D eigenvalue weighted by Gasteiger charge is -2.17. The molecule has 3 N–H and O–H groups in total. The molecule has 1 rings (SSSR count). The summed E-state index contributed by atoms with van der Waals surface area (Å²) in [6.45, 7) is 5.80. The Morgan fingerprint density at radius 1 is 1.32 bits per heavy atom. The van der Waals surface area contributed by atoms with E-state index >= 15 is 0 Å². The van der Waals surface area contributed by atoms with Gasteiger partial charge in [-0.1, -0.05) is 13.8 Å². The molecule has 1 aromatic rings. The van der Waals surface area contributed by atoms with Crippen molar-refractivity contribution in [3.8, 4) is 5.88 Å². The van der Waals surface area contributed by atoms with Crippen LogP contribution in [0.15, 0.2) is 12.1 Å². The summed E-state index contributed by atoms with van der Waals surface area (Å²) in [5.41, 5.74) is 1.26. The third-order valence-electron chi connectivity index (χ3n) is 2.40. The summed E-state index contributed by atoms with van der Waals surface area (Å²) in [6, 6.07) is 1.71. The van der Waals surface area contributed by atoms with E-state index in [1.165, 1.54) is 0 Å². The molecule has 1 heterocycles. The SMILES string of the molecule is CC(C)CC(C)Oc1cc(C(F)(F)F)cc(NN)n1. The molecule has 19 heavy (non-hydrogen) atoms. The van der Waals surface area contributed by atoms with Gasteiger partial charge in [0, 0.05) is 6.07 Å². The van der Waals surface area contributed by atoms with E-state index in [4.69, 9.17) is 10.6 Å². The molecule has 0 aliphatic heterocycles. The summed E-state index contributed by atoms with van der Waals surface area (Å²) in [5, 5.41) is 0. The molecule has 0 fully saturated rings. The molecular formula is C12H18F3N3O. The first-order chi connectivity index (χ1) is 8.72. The van der Waals surface area contributed by atoms with Crippen LogP contribution in [-0.4, -0.2) is 11.1 Å². The Hall–Kier alpha value is -1.50. The summed E-state index contributed by atoms with van der Waals surface area (Å²) >= 11 is 0. The molecule has 0 aliphatic carbocycles. The first-order valence-corrected chi connectivity index (χ1v) is 5.95. The highest BCUT2D eigenvalue weighted by Gasteiger charge is 2.32. The van der Waals surface area contributed by atoms with Gasteiger partial charge >= 0.3 is 6.18 Å². The Balaban J connectivity index is 2.94. The topological polar surface area (TPSA) is 60.2 Å². The molecule has 0 saturated heterocycles. The second-order valence-electron chi connectivity index (χ2n) is 4.78. The van der Waals surface area contributed by atoms with Crippen molar-refractivity contribution in [2.24, 2.45) is 11.8 Å². The van der Waals surface area contributed by atoms with Crippen molar-refractivity contribution in [2.45, 2.75) is 39.5 Å². The minimum absolute atomic E-state index is 0.0819. The van der Waals surface area contributed by atoms with Crippen LogP contribution >= 0.6 is 0 Å². The number of ether oxygens (including phenoxy) is 1. The minimum Gasteiger partial charge on any atom is -0.475 e. The molecule has 4 nitrogen and oxygen atoms in total. The smallest absolute Gasteiger partial charge is 0.416 e. The quantitative estimate of drug-likeness (QED) is 0.641. The van der Waals surface area contributed by atoms with Crippen LogP contribution < -0.4 is 16.0 Å². The van der Waals surface area contributed by atoms with Gasteiger partial charge in [0.05, 0.1) is 11.7 Å². The molecule has 1 unspecified atom stereocenters. The Morgan fingerprint density at radius 3 is 2.42 bits per heavy atom. The molecule has 0 radical (unpaired) electrons. The van der Waals surface area contributed by atoms with E-state index in [9.17, 15) is 13.2 Å². The standard InChI is InChI=1S/C12H18F3N3O/c1-7(2)4-8(3)19-11-6-9(12(13,14)15)5-10(17-11)18-16/h5-8H,4,16H2,1-3H3,(H,17,18). The lowest BCUT2D eigenvalue weighted by atomic mass is 10.1. The Bertz CT molecular complexity index is 421. The monoisotopic (exact) mass is 277 g/mol. The van der Waals surface area contributed by atoms with Crippen molar-refractivity contribution in [3.63, 3.8) is 0 Å². The highest BCUT2D eigenvalue weighted by Crippen LogP contribution is 2.32. The molecule has 0 aliphatic rings. The number of nitrogens with zero attached hydrogens (tertiary/aromatic N) is 1. The van der Waals surface area contributed by atoms with Gasteiger partial charge in [-0.25, -0.2) is 5.84 Å². The van der Waals surface area contributed by atoms with Gasteiger partial charge in [0.15, 0.2) is 0 Å². The van der Waals surface area contributed by atoms with Gasteiger partial charge in [-0.3, -0.25) is 0 Å². The van der Waals surface area contributed by atoms with Crippen LogP contribution in [0.1, 0.15) is 32.8 Å². The second kappa shape index (κ2) is 6.10. The zero-order valence-electron chi connectivity index (χ0n) is 11.1. The molecule has 1 atom stereocenters. The van der Waals surface area contributed by atoms with Crippen LogP contribution in [0.3, 0.4) is 0 Å². The van der Waals surface area contributed by atoms with Crippen molar-refractivity contribution in [1.82, 2.24) is 4.98 Å². The average molecular weight is 277 g/mol. The first-order valence-electron chi connectivity index (χ1n) is 5.95. The first kappa shape index (κ1) is 15.6. The number of hydrogen-bond donors (Lipinski definition) is 2. The molecule has 7 heteroatoms. The van der Waals surface area contributed by atoms with Crippen LogP contribution in [0.5, 0.6) is 5.88 Å². The number of anilines is 1. The van der Waals surface area contributed by atoms with Crippen LogP contribution in [-0.2, 0) is 6.18 Å². The van der Waals surface area contributed by atoms with Crippen LogP contribution in [0.4, 0.5) is 19.0 Å². The molecule has 0 amide bonds. The summed E-state index contributed by atoms with van der Waals surface area (Å²) < 4.78 is 43.4. The predicted molar refractivity (Wildman–Crippen MR) is 66.6 cm³/mol. The Morgan fingerprint density at radius 2 is 1.95 bits per heavy atom. The lowest BCUT2D eigenvalue weighted by molar-refractivity contribution is -0.137. The largest absolute Gasteiger partial charge is 0.475 e. The van der Waals surface area contributed by atoms with Crippen molar-refractivity contribution in [3.05, 3.63) is 17.7 Å². The zero-order chi connectivity index (χ0) is 14.6. The van der Waals surface area contributed by atoms with Gasteiger partial charge in [0.2, 0.25) is 5.88 Å². The molecular weight excluding hydrogens is 259 g/mol. The highest BCUT2D eigenvalue weighted by atomic mass is 19.4. The van der Waals surface area contributed by atoms with E-state index in [-0.39, 0.29) is 17.8 Å². The van der Waals surface area contributed by atoms with Crippen molar-refractivity contribution < 1.29 is 17.9 Å². The highest BCUT2D eigenvalue weighted by molar-refractivity contribution is 5.41. The second-order valence-corrected chi connectivity index (χ2v) is 4.78. The summed E-state index contributed by atoms with van der Waals surface area (Å²) in [7, 11) is 0. The molecule has 108 valence electrons. The molecule has 1 aromatic heterocycles. The number of nitrogens with two attached hydrogens (primary N) is 1. The minimum atomic E-state index is -4.46. The van der Waals surface area contributed by atoms with Crippen molar-refractivity contribution >= 4 is 5.82 Å². The Labute approximate surface area is 110 Å². The number of hydrazine groups is 1. The maximum atomic E-state index is 12.7. The average Bonchev–Trinajstić information content (AvgIpc) is 2.25. The van der Waals surface area contributed by atoms with Gasteiger partial charge in [0.1, 0.15) is 5.82 Å². The van der Waals surface area contributed by atoms with E-state index in [1.807, 2.05) is 13.8 Å². The third kappa shape index (κ3) is 4.94. The number of rotatable bonds is 5. The van der Waals surface area contributed by atoms with Gasteiger partial charge < -0.3 is 10.2 Å². The number of alkyl halides is 3. The molecule has 0 bridgehead atoms. The summed E-state index contributed by atoms with van der Waals surface area (Å²) in [5.74, 6) is 5.32. The van der Waals surface area contributed by atoms with E-state index in [0.29, 0.717) is 5.92 Å².